The van der Waals surface area contributed by atoms with Gasteiger partial charge in [0.25, 0.3) is 0 Å². The first-order chi connectivity index (χ1) is 3.15. The fraction of sp³-hybridized carbons (Fsp3) is 1.00. The van der Waals surface area contributed by atoms with Gasteiger partial charge in [0.2, 0.25) is 0 Å². The molecule has 0 aliphatic heterocycles. The van der Waals surface area contributed by atoms with E-state index in [4.69, 9.17) is 0 Å². The monoisotopic (exact) mass is 134 g/mol. The number of rotatable bonds is 0. The summed E-state index contributed by atoms with van der Waals surface area (Å²) in [5.74, 6) is 0. The lowest BCUT2D eigenvalue weighted by Crippen LogP contribution is -1.76. The SMILES string of the molecule is COC.F.FB(F)F. The van der Waals surface area contributed by atoms with Crippen LogP contribution in [0.4, 0.5) is 17.7 Å². The zero-order chi connectivity index (χ0) is 6.28. The lowest BCUT2D eigenvalue weighted by atomic mass is 10.5. The predicted octanol–water partition coefficient (Wildman–Crippen LogP) is 1.29. The van der Waals surface area contributed by atoms with Crippen LogP contribution in [-0.4, -0.2) is 21.8 Å². The van der Waals surface area contributed by atoms with Gasteiger partial charge in [-0.3, -0.25) is 17.7 Å². The minimum absolute atomic E-state index is 0. The highest BCUT2D eigenvalue weighted by molar-refractivity contribution is 6.33. The smallest absolute Gasteiger partial charge is 0.388 e. The van der Waals surface area contributed by atoms with Gasteiger partial charge in [0.1, 0.15) is 0 Å². The molecule has 0 aromatic carbocycles. The van der Waals surface area contributed by atoms with Gasteiger partial charge in [-0.1, -0.05) is 0 Å². The molecule has 8 heavy (non-hydrogen) atoms. The van der Waals surface area contributed by atoms with E-state index in [-0.39, 0.29) is 4.70 Å². The van der Waals surface area contributed by atoms with Crippen LogP contribution in [0.15, 0.2) is 0 Å². The molecule has 0 saturated heterocycles. The van der Waals surface area contributed by atoms with E-state index in [1.165, 1.54) is 0 Å². The molecule has 0 rings (SSSR count). The summed E-state index contributed by atoms with van der Waals surface area (Å²) in [6, 6.07) is 0. The van der Waals surface area contributed by atoms with Crippen LogP contribution in [0.25, 0.3) is 0 Å². The Kier molecular flexibility index (Phi) is 31.1. The van der Waals surface area contributed by atoms with Crippen molar-refractivity contribution in [1.82, 2.24) is 0 Å². The molecular formula is C2H7BF4O. The summed E-state index contributed by atoms with van der Waals surface area (Å²) in [6.45, 7) is 0. The second kappa shape index (κ2) is 15.9. The van der Waals surface area contributed by atoms with E-state index in [0.29, 0.717) is 0 Å². The molecule has 0 aromatic heterocycles. The minimum Gasteiger partial charge on any atom is -0.388 e. The molecule has 0 bridgehead atoms. The third-order valence-corrected chi connectivity index (χ3v) is 0. The van der Waals surface area contributed by atoms with Gasteiger partial charge in [0, 0.05) is 14.2 Å². The lowest BCUT2D eigenvalue weighted by Gasteiger charge is -1.61. The Labute approximate surface area is 45.4 Å². The predicted molar refractivity (Wildman–Crippen MR) is 24.5 cm³/mol. The highest BCUT2D eigenvalue weighted by Crippen LogP contribution is 1.80. The van der Waals surface area contributed by atoms with Crippen LogP contribution in [0.5, 0.6) is 0 Å². The van der Waals surface area contributed by atoms with Gasteiger partial charge in [-0.2, -0.15) is 0 Å². The third-order valence-electron chi connectivity index (χ3n) is 0. The Bertz CT molecular complexity index is 25.2. The molecule has 52 valence electrons. The van der Waals surface area contributed by atoms with Crippen molar-refractivity contribution >= 4 is 7.54 Å². The van der Waals surface area contributed by atoms with Crippen LogP contribution < -0.4 is 0 Å². The maximum Gasteiger partial charge on any atom is 0.762 e. The van der Waals surface area contributed by atoms with E-state index in [1.54, 1.807) is 14.2 Å². The number of halogens is 4. The zero-order valence-corrected chi connectivity index (χ0v) is 4.53. The minimum atomic E-state index is -3.67. The standard InChI is InChI=1S/C2H6O.BF3.FH/c1-3-2;2-1(3)4;/h1-2H3;;1H. The zero-order valence-electron chi connectivity index (χ0n) is 4.53. The van der Waals surface area contributed by atoms with E-state index >= 15 is 0 Å². The molecule has 0 spiro atoms. The van der Waals surface area contributed by atoms with E-state index in [9.17, 15) is 12.9 Å². The van der Waals surface area contributed by atoms with E-state index in [1.807, 2.05) is 0 Å². The lowest BCUT2D eigenvalue weighted by molar-refractivity contribution is 0.277. The van der Waals surface area contributed by atoms with Crippen molar-refractivity contribution in [2.75, 3.05) is 14.2 Å². The number of methoxy groups -OCH3 is 1. The van der Waals surface area contributed by atoms with Crippen molar-refractivity contribution in [3.8, 4) is 0 Å². The maximum atomic E-state index is 9.67. The molecule has 0 fully saturated rings. The molecule has 0 aromatic rings. The number of ether oxygens (including phenoxy) is 1. The summed E-state index contributed by atoms with van der Waals surface area (Å²) in [5.41, 5.74) is 0. The van der Waals surface area contributed by atoms with Crippen molar-refractivity contribution in [2.24, 2.45) is 0 Å². The normalized spacial score (nSPS) is 5.62. The van der Waals surface area contributed by atoms with Crippen LogP contribution in [0, 0.1) is 0 Å². The number of hydrogen-bond donors (Lipinski definition) is 0. The quantitative estimate of drug-likeness (QED) is 0.358. The Morgan fingerprint density at radius 3 is 1.12 bits per heavy atom. The van der Waals surface area contributed by atoms with E-state index < -0.39 is 7.54 Å². The Morgan fingerprint density at radius 2 is 1.12 bits per heavy atom. The van der Waals surface area contributed by atoms with Crippen molar-refractivity contribution < 1.29 is 22.4 Å². The fourth-order valence-electron chi connectivity index (χ4n) is 0. The van der Waals surface area contributed by atoms with Gasteiger partial charge in [-0.25, -0.2) is 0 Å². The summed E-state index contributed by atoms with van der Waals surface area (Å²) < 4.78 is 33.2. The van der Waals surface area contributed by atoms with Gasteiger partial charge >= 0.3 is 7.54 Å². The first kappa shape index (κ1) is 15.6. The summed E-state index contributed by atoms with van der Waals surface area (Å²) in [5, 5.41) is 0. The molecule has 0 N–H and O–H groups in total. The van der Waals surface area contributed by atoms with Crippen molar-refractivity contribution in [2.45, 2.75) is 0 Å². The highest BCUT2D eigenvalue weighted by Gasteiger charge is 2.06. The molecule has 0 unspecified atom stereocenters. The Balaban J connectivity index is -0.0000000575. The second-order valence-electron chi connectivity index (χ2n) is 0.656. The molecular weight excluding hydrogens is 127 g/mol. The van der Waals surface area contributed by atoms with Crippen molar-refractivity contribution in [1.29, 1.82) is 0 Å². The Hall–Kier alpha value is -0.255. The van der Waals surface area contributed by atoms with Gasteiger partial charge in [-0.15, -0.1) is 0 Å². The molecule has 0 amide bonds. The summed E-state index contributed by atoms with van der Waals surface area (Å²) in [4.78, 5) is 0. The summed E-state index contributed by atoms with van der Waals surface area (Å²) >= 11 is 0. The van der Waals surface area contributed by atoms with Crippen LogP contribution in [0.1, 0.15) is 0 Å². The maximum absolute atomic E-state index is 9.67. The van der Waals surface area contributed by atoms with Gasteiger partial charge in [-0.05, 0) is 0 Å². The van der Waals surface area contributed by atoms with E-state index in [0.717, 1.165) is 0 Å². The molecule has 0 saturated carbocycles. The fourth-order valence-corrected chi connectivity index (χ4v) is 0. The molecule has 6 heteroatoms. The first-order valence-electron chi connectivity index (χ1n) is 1.47. The van der Waals surface area contributed by atoms with Gasteiger partial charge < -0.3 is 4.74 Å². The van der Waals surface area contributed by atoms with Crippen LogP contribution in [0.2, 0.25) is 0 Å². The second-order valence-corrected chi connectivity index (χ2v) is 0.656. The first-order valence-corrected chi connectivity index (χ1v) is 1.47. The van der Waals surface area contributed by atoms with Crippen LogP contribution in [-0.2, 0) is 4.74 Å². The molecule has 0 heterocycles. The molecule has 1 nitrogen and oxygen atoms in total. The largest absolute Gasteiger partial charge is 0.762 e. The highest BCUT2D eigenvalue weighted by atomic mass is 19.4. The van der Waals surface area contributed by atoms with Crippen molar-refractivity contribution in [3.63, 3.8) is 0 Å². The summed E-state index contributed by atoms with van der Waals surface area (Å²) in [6.07, 6.45) is 0. The van der Waals surface area contributed by atoms with Crippen LogP contribution >= 0.6 is 0 Å². The Morgan fingerprint density at radius 1 is 1.12 bits per heavy atom. The molecule has 0 aliphatic carbocycles. The average Bonchev–Trinajstić information content (AvgIpc) is 1.33. The number of hydrogen-bond acceptors (Lipinski definition) is 1. The average molecular weight is 134 g/mol. The molecule has 0 atom stereocenters. The topological polar surface area (TPSA) is 9.23 Å². The molecule has 0 aliphatic rings. The third kappa shape index (κ3) is 1990. The van der Waals surface area contributed by atoms with Crippen molar-refractivity contribution in [3.05, 3.63) is 0 Å². The van der Waals surface area contributed by atoms with Crippen LogP contribution in [0.3, 0.4) is 0 Å². The summed E-state index contributed by atoms with van der Waals surface area (Å²) in [7, 11) is -0.417. The van der Waals surface area contributed by atoms with E-state index in [2.05, 4.69) is 4.74 Å². The van der Waals surface area contributed by atoms with Gasteiger partial charge in [0.15, 0.2) is 0 Å². The molecule has 0 radical (unpaired) electrons. The van der Waals surface area contributed by atoms with Gasteiger partial charge in [0.05, 0.1) is 0 Å².